The van der Waals surface area contributed by atoms with Gasteiger partial charge in [0.2, 0.25) is 5.95 Å². The zero-order chi connectivity index (χ0) is 19.1. The summed E-state index contributed by atoms with van der Waals surface area (Å²) in [6.07, 6.45) is 3.37. The van der Waals surface area contributed by atoms with Crippen molar-refractivity contribution in [2.45, 2.75) is 0 Å². The first-order valence-corrected chi connectivity index (χ1v) is 8.83. The highest BCUT2D eigenvalue weighted by atomic mass is 35.5. The molecule has 9 heteroatoms. The molecule has 0 atom stereocenters. The Balaban J connectivity index is 1.37. The molecule has 0 bridgehead atoms. The lowest BCUT2D eigenvalue weighted by Gasteiger charge is -2.34. The van der Waals surface area contributed by atoms with Gasteiger partial charge in [0.1, 0.15) is 5.75 Å². The van der Waals surface area contributed by atoms with Gasteiger partial charge in [-0.15, -0.1) is 0 Å². The van der Waals surface area contributed by atoms with E-state index in [0.29, 0.717) is 42.9 Å². The molecule has 2 aromatic rings. The Morgan fingerprint density at radius 3 is 2.48 bits per heavy atom. The average Bonchev–Trinajstić information content (AvgIpc) is 2.71. The number of esters is 1. The first kappa shape index (κ1) is 18.9. The Morgan fingerprint density at radius 2 is 1.78 bits per heavy atom. The molecule has 0 aliphatic carbocycles. The fraction of sp³-hybridized carbons (Fsp3) is 0.333. The average molecular weight is 391 g/mol. The van der Waals surface area contributed by atoms with Crippen molar-refractivity contribution in [3.63, 3.8) is 0 Å². The van der Waals surface area contributed by atoms with Crippen molar-refractivity contribution < 1.29 is 19.1 Å². The van der Waals surface area contributed by atoms with Crippen LogP contribution in [-0.4, -0.2) is 66.1 Å². The van der Waals surface area contributed by atoms with Crippen molar-refractivity contribution in [1.29, 1.82) is 0 Å². The third kappa shape index (κ3) is 5.55. The number of ether oxygens (including phenoxy) is 2. The monoisotopic (exact) mass is 390 g/mol. The molecule has 0 spiro atoms. The number of aromatic nitrogens is 2. The number of hydrogen-bond donors (Lipinski definition) is 0. The lowest BCUT2D eigenvalue weighted by Crippen LogP contribution is -2.50. The summed E-state index contributed by atoms with van der Waals surface area (Å²) in [5.74, 6) is 0.263. The molecule has 27 heavy (non-hydrogen) atoms. The second-order valence-corrected chi connectivity index (χ2v) is 6.26. The van der Waals surface area contributed by atoms with Crippen molar-refractivity contribution in [2.24, 2.45) is 0 Å². The normalized spacial score (nSPS) is 14.0. The van der Waals surface area contributed by atoms with E-state index in [1.165, 1.54) is 0 Å². The molecule has 1 aliphatic rings. The number of amides is 1. The van der Waals surface area contributed by atoms with E-state index in [4.69, 9.17) is 21.1 Å². The maximum absolute atomic E-state index is 12.2. The Morgan fingerprint density at radius 1 is 1.04 bits per heavy atom. The van der Waals surface area contributed by atoms with Crippen molar-refractivity contribution in [2.75, 3.05) is 44.3 Å². The third-order valence-electron chi connectivity index (χ3n) is 3.98. The fourth-order valence-corrected chi connectivity index (χ4v) is 2.76. The maximum atomic E-state index is 12.2. The summed E-state index contributed by atoms with van der Waals surface area (Å²) in [4.78, 5) is 36.0. The maximum Gasteiger partial charge on any atom is 0.344 e. The molecule has 1 amide bonds. The molecule has 2 heterocycles. The van der Waals surface area contributed by atoms with Crippen LogP contribution in [0.25, 0.3) is 0 Å². The number of halogens is 1. The molecule has 1 aromatic carbocycles. The highest BCUT2D eigenvalue weighted by molar-refractivity contribution is 6.30. The minimum Gasteiger partial charge on any atom is -0.482 e. The summed E-state index contributed by atoms with van der Waals surface area (Å²) in [6, 6.07) is 8.45. The number of carbonyl (C=O) groups excluding carboxylic acids is 2. The zero-order valence-electron chi connectivity index (χ0n) is 14.6. The molecule has 3 rings (SSSR count). The van der Waals surface area contributed by atoms with Gasteiger partial charge in [0.15, 0.2) is 13.2 Å². The van der Waals surface area contributed by atoms with E-state index < -0.39 is 5.97 Å². The van der Waals surface area contributed by atoms with Crippen LogP contribution < -0.4 is 9.64 Å². The van der Waals surface area contributed by atoms with Crippen LogP contribution in [0.15, 0.2) is 42.7 Å². The topological polar surface area (TPSA) is 84.9 Å². The van der Waals surface area contributed by atoms with Crippen LogP contribution in [0.5, 0.6) is 5.75 Å². The van der Waals surface area contributed by atoms with Gasteiger partial charge in [-0.1, -0.05) is 17.7 Å². The minimum atomic E-state index is -0.611. The van der Waals surface area contributed by atoms with Crippen molar-refractivity contribution in [3.8, 4) is 5.75 Å². The molecule has 1 fully saturated rings. The Bertz CT molecular complexity index is 782. The third-order valence-corrected chi connectivity index (χ3v) is 4.21. The summed E-state index contributed by atoms with van der Waals surface area (Å²) in [7, 11) is 0. The number of anilines is 1. The Hall–Kier alpha value is -2.87. The van der Waals surface area contributed by atoms with E-state index in [-0.39, 0.29) is 19.1 Å². The van der Waals surface area contributed by atoms with Gasteiger partial charge in [0, 0.05) is 43.6 Å². The smallest absolute Gasteiger partial charge is 0.344 e. The highest BCUT2D eigenvalue weighted by Gasteiger charge is 2.23. The van der Waals surface area contributed by atoms with Crippen LogP contribution >= 0.6 is 11.6 Å². The second-order valence-electron chi connectivity index (χ2n) is 5.82. The summed E-state index contributed by atoms with van der Waals surface area (Å²) in [5.41, 5.74) is 0. The molecule has 8 nitrogen and oxygen atoms in total. The van der Waals surface area contributed by atoms with Crippen LogP contribution in [0.3, 0.4) is 0 Å². The number of benzene rings is 1. The molecular formula is C18H19ClN4O4. The summed E-state index contributed by atoms with van der Waals surface area (Å²) < 4.78 is 10.3. The predicted octanol–water partition coefficient (Wildman–Crippen LogP) is 1.40. The van der Waals surface area contributed by atoms with Gasteiger partial charge >= 0.3 is 5.97 Å². The summed E-state index contributed by atoms with van der Waals surface area (Å²) in [6.45, 7) is 1.71. The lowest BCUT2D eigenvalue weighted by molar-refractivity contribution is -0.153. The van der Waals surface area contributed by atoms with Crippen LogP contribution in [0.4, 0.5) is 5.95 Å². The number of carbonyl (C=O) groups is 2. The predicted molar refractivity (Wildman–Crippen MR) is 98.7 cm³/mol. The SMILES string of the molecule is O=C(COc1cccc(Cl)c1)OCC(=O)N1CCN(c2ncccn2)CC1. The largest absolute Gasteiger partial charge is 0.482 e. The fourth-order valence-electron chi connectivity index (χ4n) is 2.58. The standard InChI is InChI=1S/C18H19ClN4O4/c19-14-3-1-4-15(11-14)26-13-17(25)27-12-16(24)22-7-9-23(10-8-22)18-20-5-2-6-21-18/h1-6,11H,7-10,12-13H2. The Labute approximate surface area is 161 Å². The number of piperazine rings is 1. The van der Waals surface area contributed by atoms with E-state index in [9.17, 15) is 9.59 Å². The van der Waals surface area contributed by atoms with Gasteiger partial charge in [0.05, 0.1) is 0 Å². The van der Waals surface area contributed by atoms with E-state index in [0.717, 1.165) is 0 Å². The van der Waals surface area contributed by atoms with Gasteiger partial charge in [-0.2, -0.15) is 0 Å². The van der Waals surface area contributed by atoms with Gasteiger partial charge in [0.25, 0.3) is 5.91 Å². The number of nitrogens with zero attached hydrogens (tertiary/aromatic N) is 4. The number of hydrogen-bond acceptors (Lipinski definition) is 7. The molecule has 1 saturated heterocycles. The lowest BCUT2D eigenvalue weighted by atomic mass is 10.3. The van der Waals surface area contributed by atoms with E-state index in [1.807, 2.05) is 4.90 Å². The molecule has 0 radical (unpaired) electrons. The molecular weight excluding hydrogens is 372 g/mol. The molecule has 1 aliphatic heterocycles. The van der Waals surface area contributed by atoms with Gasteiger partial charge < -0.3 is 19.3 Å². The second kappa shape index (κ2) is 9.18. The molecule has 0 N–H and O–H groups in total. The van der Waals surface area contributed by atoms with Crippen LogP contribution in [0, 0.1) is 0 Å². The van der Waals surface area contributed by atoms with E-state index in [2.05, 4.69) is 9.97 Å². The molecule has 0 saturated carbocycles. The first-order chi connectivity index (χ1) is 13.1. The quantitative estimate of drug-likeness (QED) is 0.689. The van der Waals surface area contributed by atoms with Crippen molar-refractivity contribution in [1.82, 2.24) is 14.9 Å². The molecule has 0 unspecified atom stereocenters. The first-order valence-electron chi connectivity index (χ1n) is 8.45. The van der Waals surface area contributed by atoms with Gasteiger partial charge in [-0.3, -0.25) is 4.79 Å². The molecule has 1 aromatic heterocycles. The number of rotatable bonds is 6. The van der Waals surface area contributed by atoms with Crippen LogP contribution in [-0.2, 0) is 14.3 Å². The minimum absolute atomic E-state index is 0.236. The van der Waals surface area contributed by atoms with Crippen molar-refractivity contribution >= 4 is 29.4 Å². The molecule has 142 valence electrons. The zero-order valence-corrected chi connectivity index (χ0v) is 15.3. The van der Waals surface area contributed by atoms with Gasteiger partial charge in [-0.05, 0) is 24.3 Å². The summed E-state index contributed by atoms with van der Waals surface area (Å²) in [5, 5.41) is 0.510. The van der Waals surface area contributed by atoms with E-state index in [1.54, 1.807) is 47.6 Å². The van der Waals surface area contributed by atoms with E-state index >= 15 is 0 Å². The van der Waals surface area contributed by atoms with Crippen molar-refractivity contribution in [3.05, 3.63) is 47.7 Å². The Kier molecular flexibility index (Phi) is 6.43. The van der Waals surface area contributed by atoms with Crippen LogP contribution in [0.2, 0.25) is 5.02 Å². The summed E-state index contributed by atoms with van der Waals surface area (Å²) >= 11 is 5.84. The van der Waals surface area contributed by atoms with Gasteiger partial charge in [-0.25, -0.2) is 14.8 Å². The highest BCUT2D eigenvalue weighted by Crippen LogP contribution is 2.17. The van der Waals surface area contributed by atoms with Crippen LogP contribution in [0.1, 0.15) is 0 Å².